The first-order valence-corrected chi connectivity index (χ1v) is 12.2. The molecule has 0 N–H and O–H groups in total. The maximum atomic E-state index is 13.9. The molecular formula is C29H36N2O3. The van der Waals surface area contributed by atoms with Gasteiger partial charge in [-0.1, -0.05) is 83.5 Å². The highest BCUT2D eigenvalue weighted by Crippen LogP contribution is 2.69. The van der Waals surface area contributed by atoms with Crippen molar-refractivity contribution in [3.05, 3.63) is 65.2 Å². The fourth-order valence-electron chi connectivity index (χ4n) is 5.35. The average molecular weight is 461 g/mol. The zero-order valence-corrected chi connectivity index (χ0v) is 21.4. The number of hydrogen-bond acceptors (Lipinski definition) is 3. The van der Waals surface area contributed by atoms with Gasteiger partial charge in [-0.3, -0.25) is 14.4 Å². The van der Waals surface area contributed by atoms with Gasteiger partial charge in [-0.05, 0) is 46.9 Å². The van der Waals surface area contributed by atoms with Crippen molar-refractivity contribution < 1.29 is 14.4 Å². The first-order chi connectivity index (χ1) is 15.9. The number of carbonyl (C=O) groups excluding carboxylic acids is 3. The van der Waals surface area contributed by atoms with Crippen molar-refractivity contribution in [3.8, 4) is 0 Å². The van der Waals surface area contributed by atoms with Gasteiger partial charge in [0, 0.05) is 12.5 Å². The molecule has 1 saturated carbocycles. The zero-order valence-electron chi connectivity index (χ0n) is 21.4. The van der Waals surface area contributed by atoms with Crippen LogP contribution in [-0.2, 0) is 20.9 Å². The molecule has 2 fully saturated rings. The van der Waals surface area contributed by atoms with Crippen LogP contribution < -0.4 is 4.90 Å². The number of rotatable bonds is 6. The Bertz CT molecular complexity index is 1100. The second-order valence-corrected chi connectivity index (χ2v) is 11.4. The van der Waals surface area contributed by atoms with Crippen molar-refractivity contribution in [1.29, 1.82) is 0 Å². The second kappa shape index (κ2) is 8.37. The van der Waals surface area contributed by atoms with Gasteiger partial charge in [-0.15, -0.1) is 0 Å². The van der Waals surface area contributed by atoms with Gasteiger partial charge in [0.15, 0.2) is 0 Å². The van der Waals surface area contributed by atoms with E-state index in [0.717, 1.165) is 16.7 Å². The third-order valence-corrected chi connectivity index (χ3v) is 8.34. The monoisotopic (exact) mass is 460 g/mol. The van der Waals surface area contributed by atoms with Crippen LogP contribution >= 0.6 is 0 Å². The van der Waals surface area contributed by atoms with Gasteiger partial charge in [0.1, 0.15) is 6.04 Å². The summed E-state index contributed by atoms with van der Waals surface area (Å²) in [4.78, 5) is 43.4. The smallest absolute Gasteiger partial charge is 0.257 e. The Morgan fingerprint density at radius 1 is 0.971 bits per heavy atom. The Morgan fingerprint density at radius 2 is 1.53 bits per heavy atom. The molecule has 2 aliphatic rings. The van der Waals surface area contributed by atoms with Crippen LogP contribution in [0.15, 0.2) is 48.5 Å². The van der Waals surface area contributed by atoms with E-state index in [0.29, 0.717) is 18.2 Å². The van der Waals surface area contributed by atoms with Gasteiger partial charge in [0.25, 0.3) is 5.91 Å². The van der Waals surface area contributed by atoms with E-state index < -0.39 is 6.04 Å². The predicted molar refractivity (Wildman–Crippen MR) is 134 cm³/mol. The Hall–Kier alpha value is -2.95. The lowest BCUT2D eigenvalue weighted by atomic mass is 10.0. The average Bonchev–Trinajstić information content (AvgIpc) is 3.01. The third kappa shape index (κ3) is 3.95. The van der Waals surface area contributed by atoms with Gasteiger partial charge in [0.05, 0.1) is 12.1 Å². The topological polar surface area (TPSA) is 57.7 Å². The molecule has 1 unspecified atom stereocenters. The van der Waals surface area contributed by atoms with Gasteiger partial charge in [-0.2, -0.15) is 0 Å². The molecule has 1 aliphatic carbocycles. The highest BCUT2D eigenvalue weighted by atomic mass is 16.2. The first kappa shape index (κ1) is 24.2. The summed E-state index contributed by atoms with van der Waals surface area (Å²) in [5.41, 5.74) is 3.48. The van der Waals surface area contributed by atoms with E-state index in [-0.39, 0.29) is 40.9 Å². The van der Waals surface area contributed by atoms with Gasteiger partial charge < -0.3 is 4.90 Å². The van der Waals surface area contributed by atoms with E-state index in [1.807, 2.05) is 55.5 Å². The van der Waals surface area contributed by atoms with Crippen LogP contribution in [0.25, 0.3) is 0 Å². The van der Waals surface area contributed by atoms with E-state index >= 15 is 0 Å². The van der Waals surface area contributed by atoms with Crippen LogP contribution in [0.1, 0.15) is 70.6 Å². The second-order valence-electron chi connectivity index (χ2n) is 11.4. The number of amides is 3. The highest BCUT2D eigenvalue weighted by Gasteiger charge is 2.69. The van der Waals surface area contributed by atoms with Crippen LogP contribution in [0.2, 0.25) is 0 Å². The normalized spacial score (nSPS) is 21.3. The van der Waals surface area contributed by atoms with Crippen LogP contribution in [0, 0.1) is 23.7 Å². The molecule has 34 heavy (non-hydrogen) atoms. The Kier molecular flexibility index (Phi) is 5.95. The molecule has 0 aromatic heterocycles. The molecular weight excluding hydrogens is 424 g/mol. The number of imide groups is 1. The van der Waals surface area contributed by atoms with Crippen molar-refractivity contribution in [1.82, 2.24) is 4.90 Å². The van der Waals surface area contributed by atoms with Gasteiger partial charge in [-0.25, -0.2) is 4.90 Å². The molecule has 4 rings (SSSR count). The van der Waals surface area contributed by atoms with Crippen LogP contribution in [0.3, 0.4) is 0 Å². The standard InChI is InChI=1S/C29H36N2O3/c1-18(2)21-12-14-22(15-13-21)31-24(32)16-23(26(31)33)30(17-20-10-8-19(3)9-11-20)27(34)25-28(4,5)29(25,6)7/h8-15,18,23,25H,16-17H2,1-7H3. The van der Waals surface area contributed by atoms with Crippen molar-refractivity contribution >= 4 is 23.4 Å². The van der Waals surface area contributed by atoms with E-state index in [1.54, 1.807) is 4.90 Å². The summed E-state index contributed by atoms with van der Waals surface area (Å²) in [6.45, 7) is 14.9. The van der Waals surface area contributed by atoms with E-state index in [9.17, 15) is 14.4 Å². The van der Waals surface area contributed by atoms with Crippen molar-refractivity contribution in [2.24, 2.45) is 16.7 Å². The SMILES string of the molecule is Cc1ccc(CN(C(=O)C2C(C)(C)C2(C)C)C2CC(=O)N(c3ccc(C(C)C)cc3)C2=O)cc1. The number of nitrogens with zero attached hydrogens (tertiary/aromatic N) is 2. The number of carbonyl (C=O) groups is 3. The lowest BCUT2D eigenvalue weighted by Gasteiger charge is -2.29. The maximum absolute atomic E-state index is 13.9. The van der Waals surface area contributed by atoms with Gasteiger partial charge in [0.2, 0.25) is 11.8 Å². The van der Waals surface area contributed by atoms with Crippen molar-refractivity contribution in [3.63, 3.8) is 0 Å². The summed E-state index contributed by atoms with van der Waals surface area (Å²) in [5.74, 6) is -0.451. The number of aryl methyl sites for hydroxylation is 1. The summed E-state index contributed by atoms with van der Waals surface area (Å²) in [6.07, 6.45) is 0.00986. The summed E-state index contributed by atoms with van der Waals surface area (Å²) in [5, 5.41) is 0. The van der Waals surface area contributed by atoms with Crippen LogP contribution in [0.5, 0.6) is 0 Å². The molecule has 0 radical (unpaired) electrons. The van der Waals surface area contributed by atoms with Crippen molar-refractivity contribution in [2.45, 2.75) is 73.4 Å². The predicted octanol–water partition coefficient (Wildman–Crippen LogP) is 5.46. The molecule has 1 heterocycles. The number of anilines is 1. The van der Waals surface area contributed by atoms with Crippen LogP contribution in [0.4, 0.5) is 5.69 Å². The highest BCUT2D eigenvalue weighted by molar-refractivity contribution is 6.23. The molecule has 2 aromatic carbocycles. The molecule has 0 bridgehead atoms. The lowest BCUT2D eigenvalue weighted by Crippen LogP contribution is -2.46. The fraction of sp³-hybridized carbons (Fsp3) is 0.483. The van der Waals surface area contributed by atoms with Gasteiger partial charge >= 0.3 is 0 Å². The summed E-state index contributed by atoms with van der Waals surface area (Å²) in [6, 6.07) is 14.8. The minimum absolute atomic E-state index is 0.00986. The largest absolute Gasteiger partial charge is 0.325 e. The summed E-state index contributed by atoms with van der Waals surface area (Å²) >= 11 is 0. The molecule has 1 atom stereocenters. The maximum Gasteiger partial charge on any atom is 0.257 e. The third-order valence-electron chi connectivity index (χ3n) is 8.34. The zero-order chi connectivity index (χ0) is 25.0. The molecule has 1 aliphatic heterocycles. The molecule has 3 amide bonds. The number of benzene rings is 2. The summed E-state index contributed by atoms with van der Waals surface area (Å²) in [7, 11) is 0. The minimum atomic E-state index is -0.793. The molecule has 180 valence electrons. The number of hydrogen-bond donors (Lipinski definition) is 0. The summed E-state index contributed by atoms with van der Waals surface area (Å²) < 4.78 is 0. The lowest BCUT2D eigenvalue weighted by molar-refractivity contribution is -0.141. The minimum Gasteiger partial charge on any atom is -0.325 e. The van der Waals surface area contributed by atoms with Crippen LogP contribution in [-0.4, -0.2) is 28.7 Å². The van der Waals surface area contributed by atoms with E-state index in [1.165, 1.54) is 4.90 Å². The molecule has 5 heteroatoms. The van der Waals surface area contributed by atoms with E-state index in [2.05, 4.69) is 41.5 Å². The fourth-order valence-corrected chi connectivity index (χ4v) is 5.35. The molecule has 5 nitrogen and oxygen atoms in total. The quantitative estimate of drug-likeness (QED) is 0.538. The Labute approximate surface area is 203 Å². The molecule has 0 spiro atoms. The van der Waals surface area contributed by atoms with E-state index in [4.69, 9.17) is 0 Å². The Balaban J connectivity index is 1.65. The molecule has 2 aromatic rings. The first-order valence-electron chi connectivity index (χ1n) is 12.2. The molecule has 1 saturated heterocycles. The Morgan fingerprint density at radius 3 is 2.03 bits per heavy atom. The van der Waals surface area contributed by atoms with Crippen molar-refractivity contribution in [2.75, 3.05) is 4.90 Å².